The van der Waals surface area contributed by atoms with Crippen LogP contribution in [0.3, 0.4) is 0 Å². The summed E-state index contributed by atoms with van der Waals surface area (Å²) in [5.41, 5.74) is 2.41. The molecule has 0 aliphatic heterocycles. The van der Waals surface area contributed by atoms with Gasteiger partial charge in [0.1, 0.15) is 5.78 Å². The third-order valence-electron chi connectivity index (χ3n) is 2.98. The Balaban J connectivity index is 1.73. The number of rotatable bonds is 6. The minimum absolute atomic E-state index is 0.329. The van der Waals surface area contributed by atoms with Crippen LogP contribution in [0.25, 0.3) is 0 Å². The second-order valence-corrected chi connectivity index (χ2v) is 4.38. The summed E-state index contributed by atoms with van der Waals surface area (Å²) >= 11 is 0. The van der Waals surface area contributed by atoms with Crippen molar-refractivity contribution in [3.8, 4) is 0 Å². The van der Waals surface area contributed by atoms with Crippen molar-refractivity contribution < 1.29 is 4.79 Å². The number of hydrogen-bond acceptors (Lipinski definition) is 2. The molecule has 0 atom stereocenters. The molecule has 0 saturated carbocycles. The van der Waals surface area contributed by atoms with E-state index in [9.17, 15) is 4.79 Å². The quantitative estimate of drug-likeness (QED) is 0.774. The van der Waals surface area contributed by atoms with Gasteiger partial charge in [0.05, 0.1) is 0 Å². The Kier molecular flexibility index (Phi) is 4.65. The van der Waals surface area contributed by atoms with Crippen LogP contribution < -0.4 is 0 Å². The normalized spacial score (nSPS) is 10.2. The first-order valence-electron chi connectivity index (χ1n) is 6.29. The largest absolute Gasteiger partial charge is 0.300 e. The highest BCUT2D eigenvalue weighted by atomic mass is 16.1. The highest BCUT2D eigenvalue weighted by Gasteiger charge is 2.03. The van der Waals surface area contributed by atoms with Gasteiger partial charge >= 0.3 is 0 Å². The first kappa shape index (κ1) is 12.5. The molecule has 0 aliphatic rings. The van der Waals surface area contributed by atoms with E-state index >= 15 is 0 Å². The van der Waals surface area contributed by atoms with Gasteiger partial charge in [0, 0.05) is 25.2 Å². The van der Waals surface area contributed by atoms with Crippen molar-refractivity contribution in [3.05, 3.63) is 66.0 Å². The zero-order valence-corrected chi connectivity index (χ0v) is 10.4. The molecular weight excluding hydrogens is 222 g/mol. The summed E-state index contributed by atoms with van der Waals surface area (Å²) in [4.78, 5) is 15.7. The maximum atomic E-state index is 11.8. The van der Waals surface area contributed by atoms with Crippen LogP contribution >= 0.6 is 0 Å². The van der Waals surface area contributed by atoms with Crippen LogP contribution in [0.5, 0.6) is 0 Å². The second-order valence-electron chi connectivity index (χ2n) is 4.38. The molecule has 2 nitrogen and oxygen atoms in total. The van der Waals surface area contributed by atoms with Gasteiger partial charge in [0.15, 0.2) is 0 Å². The van der Waals surface area contributed by atoms with E-state index in [1.54, 1.807) is 12.4 Å². The molecule has 0 unspecified atom stereocenters. The molecule has 92 valence electrons. The molecule has 1 aromatic heterocycles. The fourth-order valence-electron chi connectivity index (χ4n) is 1.89. The van der Waals surface area contributed by atoms with Gasteiger partial charge in [-0.25, -0.2) is 0 Å². The van der Waals surface area contributed by atoms with Crippen LogP contribution in [0.2, 0.25) is 0 Å². The van der Waals surface area contributed by atoms with E-state index in [4.69, 9.17) is 0 Å². The summed E-state index contributed by atoms with van der Waals surface area (Å²) < 4.78 is 0. The Hall–Kier alpha value is -1.96. The monoisotopic (exact) mass is 239 g/mol. The zero-order valence-electron chi connectivity index (χ0n) is 10.4. The van der Waals surface area contributed by atoms with Crippen molar-refractivity contribution in [1.29, 1.82) is 0 Å². The van der Waals surface area contributed by atoms with Gasteiger partial charge in [-0.1, -0.05) is 30.3 Å². The van der Waals surface area contributed by atoms with E-state index in [1.807, 2.05) is 30.3 Å². The Bertz CT molecular complexity index is 433. The summed E-state index contributed by atoms with van der Waals surface area (Å²) in [6.45, 7) is 0. The number of hydrogen-bond donors (Lipinski definition) is 0. The molecule has 0 aliphatic carbocycles. The maximum absolute atomic E-state index is 11.8. The van der Waals surface area contributed by atoms with E-state index in [1.165, 1.54) is 11.1 Å². The number of aryl methyl sites for hydroxylation is 2. The summed E-state index contributed by atoms with van der Waals surface area (Å²) in [7, 11) is 0. The number of carbonyl (C=O) groups excluding carboxylic acids is 1. The van der Waals surface area contributed by atoms with E-state index in [-0.39, 0.29) is 0 Å². The minimum atomic E-state index is 0.329. The lowest BCUT2D eigenvalue weighted by molar-refractivity contribution is -0.119. The lowest BCUT2D eigenvalue weighted by Crippen LogP contribution is -2.02. The lowest BCUT2D eigenvalue weighted by atomic mass is 10.0. The van der Waals surface area contributed by atoms with E-state index < -0.39 is 0 Å². The highest BCUT2D eigenvalue weighted by Crippen LogP contribution is 2.07. The van der Waals surface area contributed by atoms with Crippen molar-refractivity contribution in [1.82, 2.24) is 4.98 Å². The molecule has 1 heterocycles. The summed E-state index contributed by atoms with van der Waals surface area (Å²) in [6.07, 6.45) is 6.45. The van der Waals surface area contributed by atoms with Gasteiger partial charge in [-0.2, -0.15) is 0 Å². The number of aromatic nitrogens is 1. The van der Waals surface area contributed by atoms with E-state index in [0.29, 0.717) is 18.6 Å². The summed E-state index contributed by atoms with van der Waals surface area (Å²) in [6, 6.07) is 14.1. The molecular formula is C16H17NO. The molecule has 0 N–H and O–H groups in total. The molecule has 0 amide bonds. The van der Waals surface area contributed by atoms with Gasteiger partial charge in [-0.15, -0.1) is 0 Å². The smallest absolute Gasteiger partial charge is 0.133 e. The molecule has 0 bridgehead atoms. The van der Waals surface area contributed by atoms with Gasteiger partial charge in [-0.3, -0.25) is 9.78 Å². The van der Waals surface area contributed by atoms with Crippen LogP contribution in [0.15, 0.2) is 54.9 Å². The van der Waals surface area contributed by atoms with Gasteiger partial charge in [0.2, 0.25) is 0 Å². The molecule has 1 aromatic carbocycles. The zero-order chi connectivity index (χ0) is 12.6. The maximum Gasteiger partial charge on any atom is 0.133 e. The van der Waals surface area contributed by atoms with Gasteiger partial charge in [0.25, 0.3) is 0 Å². The summed E-state index contributed by atoms with van der Waals surface area (Å²) in [5.74, 6) is 0.329. The number of pyridine rings is 1. The van der Waals surface area contributed by atoms with E-state index in [2.05, 4.69) is 17.1 Å². The van der Waals surface area contributed by atoms with Crippen LogP contribution in [0.1, 0.15) is 24.0 Å². The Morgan fingerprint density at radius 2 is 1.39 bits per heavy atom. The summed E-state index contributed by atoms with van der Waals surface area (Å²) in [5, 5.41) is 0. The van der Waals surface area contributed by atoms with Crippen LogP contribution in [0.4, 0.5) is 0 Å². The first-order valence-corrected chi connectivity index (χ1v) is 6.29. The third-order valence-corrected chi connectivity index (χ3v) is 2.98. The average molecular weight is 239 g/mol. The van der Waals surface area contributed by atoms with Crippen LogP contribution in [0, 0.1) is 0 Å². The SMILES string of the molecule is O=C(CCc1ccccc1)CCc1ccncc1. The van der Waals surface area contributed by atoms with Gasteiger partial charge < -0.3 is 0 Å². The number of nitrogens with zero attached hydrogens (tertiary/aromatic N) is 1. The molecule has 2 rings (SSSR count). The number of carbonyl (C=O) groups is 1. The molecule has 0 radical (unpaired) electrons. The standard InChI is InChI=1S/C16H17NO/c18-16(8-6-14-4-2-1-3-5-14)9-7-15-10-12-17-13-11-15/h1-5,10-13H,6-9H2. The van der Waals surface area contributed by atoms with Crippen molar-refractivity contribution >= 4 is 5.78 Å². The molecule has 0 fully saturated rings. The number of Topliss-reactive ketones (excluding diaryl/α,β-unsaturated/α-hetero) is 1. The van der Waals surface area contributed by atoms with Gasteiger partial charge in [-0.05, 0) is 36.1 Å². The molecule has 2 aromatic rings. The average Bonchev–Trinajstić information content (AvgIpc) is 2.45. The molecule has 2 heteroatoms. The van der Waals surface area contributed by atoms with E-state index in [0.717, 1.165) is 12.8 Å². The minimum Gasteiger partial charge on any atom is -0.300 e. The van der Waals surface area contributed by atoms with Crippen molar-refractivity contribution in [3.63, 3.8) is 0 Å². The van der Waals surface area contributed by atoms with Crippen molar-refractivity contribution in [2.45, 2.75) is 25.7 Å². The Morgan fingerprint density at radius 1 is 0.833 bits per heavy atom. The predicted octanol–water partition coefficient (Wildman–Crippen LogP) is 3.22. The third kappa shape index (κ3) is 4.13. The second kappa shape index (κ2) is 6.70. The molecule has 18 heavy (non-hydrogen) atoms. The number of benzene rings is 1. The van der Waals surface area contributed by atoms with Crippen molar-refractivity contribution in [2.75, 3.05) is 0 Å². The van der Waals surface area contributed by atoms with Crippen molar-refractivity contribution in [2.24, 2.45) is 0 Å². The fourth-order valence-corrected chi connectivity index (χ4v) is 1.89. The Labute approximate surface area is 108 Å². The van der Waals surface area contributed by atoms with Crippen LogP contribution in [-0.2, 0) is 17.6 Å². The van der Waals surface area contributed by atoms with Crippen LogP contribution in [-0.4, -0.2) is 10.8 Å². The topological polar surface area (TPSA) is 30.0 Å². The molecule has 0 spiro atoms. The fraction of sp³-hybridized carbons (Fsp3) is 0.250. The highest BCUT2D eigenvalue weighted by molar-refractivity contribution is 5.78. The predicted molar refractivity (Wildman–Crippen MR) is 72.3 cm³/mol. The molecule has 0 saturated heterocycles. The number of ketones is 1. The Morgan fingerprint density at radius 3 is 2.00 bits per heavy atom. The first-order chi connectivity index (χ1) is 8.84. The lowest BCUT2D eigenvalue weighted by Gasteiger charge is -2.02.